The molecular weight excluding hydrogens is 284 g/mol. The van der Waals surface area contributed by atoms with Gasteiger partial charge in [-0.3, -0.25) is 4.90 Å². The van der Waals surface area contributed by atoms with Gasteiger partial charge in [0, 0.05) is 30.7 Å². The zero-order chi connectivity index (χ0) is 16.1. The maximum absolute atomic E-state index is 12.4. The van der Waals surface area contributed by atoms with Crippen molar-refractivity contribution in [3.63, 3.8) is 0 Å². The fourth-order valence-electron chi connectivity index (χ4n) is 3.11. The zero-order valence-corrected chi connectivity index (χ0v) is 15.3. The summed E-state index contributed by atoms with van der Waals surface area (Å²) in [7, 11) is -3.05. The highest BCUT2D eigenvalue weighted by molar-refractivity contribution is 7.92. The van der Waals surface area contributed by atoms with E-state index in [1.807, 2.05) is 0 Å². The van der Waals surface area contributed by atoms with Crippen molar-refractivity contribution in [1.29, 1.82) is 0 Å². The zero-order valence-electron chi connectivity index (χ0n) is 14.5. The van der Waals surface area contributed by atoms with Crippen molar-refractivity contribution in [3.05, 3.63) is 0 Å². The van der Waals surface area contributed by atoms with Crippen LogP contribution >= 0.6 is 0 Å². The minimum absolute atomic E-state index is 0.0157. The van der Waals surface area contributed by atoms with E-state index in [0.717, 1.165) is 19.0 Å². The van der Waals surface area contributed by atoms with Crippen LogP contribution in [0.15, 0.2) is 0 Å². The minimum Gasteiger partial charge on any atom is -0.308 e. The Labute approximate surface area is 130 Å². The van der Waals surface area contributed by atoms with E-state index in [1.165, 1.54) is 12.8 Å². The summed E-state index contributed by atoms with van der Waals surface area (Å²) in [6, 6.07) is 0. The van der Waals surface area contributed by atoms with Crippen LogP contribution < -0.4 is 5.32 Å². The van der Waals surface area contributed by atoms with Crippen LogP contribution in [0.3, 0.4) is 0 Å². The van der Waals surface area contributed by atoms with Gasteiger partial charge in [-0.25, -0.2) is 8.42 Å². The third-order valence-corrected chi connectivity index (χ3v) is 7.93. The van der Waals surface area contributed by atoms with Crippen molar-refractivity contribution >= 4 is 9.84 Å². The lowest BCUT2D eigenvalue weighted by Gasteiger charge is -2.51. The number of rotatable bonds is 4. The van der Waals surface area contributed by atoms with E-state index in [9.17, 15) is 8.42 Å². The molecule has 0 bridgehead atoms. The van der Waals surface area contributed by atoms with E-state index < -0.39 is 14.6 Å². The molecule has 21 heavy (non-hydrogen) atoms. The maximum atomic E-state index is 12.4. The maximum Gasteiger partial charge on any atom is 0.156 e. The Bertz CT molecular complexity index is 489. The normalized spacial score (nSPS) is 31.3. The summed E-state index contributed by atoms with van der Waals surface area (Å²) in [6.07, 6.45) is 2.61. The summed E-state index contributed by atoms with van der Waals surface area (Å²) in [5.41, 5.74) is 0.169. The summed E-state index contributed by atoms with van der Waals surface area (Å²) in [5, 5.41) is 3.71. The van der Waals surface area contributed by atoms with Crippen LogP contribution in [0.1, 0.15) is 54.4 Å². The van der Waals surface area contributed by atoms with Crippen LogP contribution in [0.5, 0.6) is 0 Å². The molecule has 1 unspecified atom stereocenters. The average molecular weight is 317 g/mol. The highest BCUT2D eigenvalue weighted by Crippen LogP contribution is 2.42. The quantitative estimate of drug-likeness (QED) is 0.862. The molecule has 1 saturated carbocycles. The largest absolute Gasteiger partial charge is 0.308 e. The minimum atomic E-state index is -3.05. The van der Waals surface area contributed by atoms with Crippen LogP contribution in [0.4, 0.5) is 0 Å². The molecule has 4 nitrogen and oxygen atoms in total. The Morgan fingerprint density at radius 2 is 1.76 bits per heavy atom. The molecule has 1 N–H and O–H groups in total. The van der Waals surface area contributed by atoms with Crippen molar-refractivity contribution in [3.8, 4) is 0 Å². The molecule has 2 rings (SSSR count). The number of sulfone groups is 1. The predicted octanol–water partition coefficient (Wildman–Crippen LogP) is 2.05. The van der Waals surface area contributed by atoms with E-state index in [1.54, 1.807) is 20.8 Å². The first-order valence-corrected chi connectivity index (χ1v) is 9.75. The van der Waals surface area contributed by atoms with Gasteiger partial charge < -0.3 is 5.32 Å². The molecule has 0 radical (unpaired) electrons. The van der Waals surface area contributed by atoms with Gasteiger partial charge in [0.05, 0.1) is 10.5 Å². The van der Waals surface area contributed by atoms with E-state index in [4.69, 9.17) is 0 Å². The molecule has 2 fully saturated rings. The van der Waals surface area contributed by atoms with E-state index in [0.29, 0.717) is 6.54 Å². The van der Waals surface area contributed by atoms with Crippen LogP contribution in [0, 0.1) is 5.92 Å². The summed E-state index contributed by atoms with van der Waals surface area (Å²) in [5.74, 6) is 1.01. The monoisotopic (exact) mass is 316 g/mol. The van der Waals surface area contributed by atoms with Gasteiger partial charge in [0.25, 0.3) is 0 Å². The van der Waals surface area contributed by atoms with E-state index >= 15 is 0 Å². The van der Waals surface area contributed by atoms with Gasteiger partial charge in [0.1, 0.15) is 0 Å². The number of piperazine rings is 1. The molecule has 2 aliphatic rings. The van der Waals surface area contributed by atoms with Crippen molar-refractivity contribution in [2.24, 2.45) is 5.92 Å². The standard InChI is InChI=1S/C16H32N2O2S/c1-14(2,3)21(19,20)10-9-18-12-16(6,13-7-8-13)17-11-15(18,4)5/h13,17H,7-12H2,1-6H3. The first kappa shape index (κ1) is 17.2. The first-order chi connectivity index (χ1) is 9.37. The van der Waals surface area contributed by atoms with Gasteiger partial charge in [-0.1, -0.05) is 0 Å². The van der Waals surface area contributed by atoms with Gasteiger partial charge in [-0.15, -0.1) is 0 Å². The Kier molecular flexibility index (Phi) is 4.27. The lowest BCUT2D eigenvalue weighted by molar-refractivity contribution is 0.0293. The fraction of sp³-hybridized carbons (Fsp3) is 1.00. The van der Waals surface area contributed by atoms with Gasteiger partial charge >= 0.3 is 0 Å². The number of hydrogen-bond donors (Lipinski definition) is 1. The van der Waals surface area contributed by atoms with Gasteiger partial charge in [-0.05, 0) is 60.3 Å². The Morgan fingerprint density at radius 1 is 1.19 bits per heavy atom. The predicted molar refractivity (Wildman–Crippen MR) is 88.3 cm³/mol. The van der Waals surface area contributed by atoms with E-state index in [-0.39, 0.29) is 16.8 Å². The van der Waals surface area contributed by atoms with Gasteiger partial charge in [-0.2, -0.15) is 0 Å². The molecule has 0 aromatic heterocycles. The van der Waals surface area contributed by atoms with E-state index in [2.05, 4.69) is 31.0 Å². The second kappa shape index (κ2) is 5.20. The van der Waals surface area contributed by atoms with Crippen molar-refractivity contribution in [1.82, 2.24) is 10.2 Å². The average Bonchev–Trinajstić information content (AvgIpc) is 3.13. The molecule has 0 spiro atoms. The van der Waals surface area contributed by atoms with Crippen LogP contribution in [0.2, 0.25) is 0 Å². The molecule has 1 atom stereocenters. The van der Waals surface area contributed by atoms with Crippen LogP contribution in [-0.2, 0) is 9.84 Å². The third kappa shape index (κ3) is 3.62. The van der Waals surface area contributed by atoms with Gasteiger partial charge in [0.2, 0.25) is 0 Å². The summed E-state index contributed by atoms with van der Waals surface area (Å²) in [4.78, 5) is 2.38. The highest BCUT2D eigenvalue weighted by atomic mass is 32.2. The number of nitrogens with one attached hydrogen (secondary N) is 1. The molecule has 1 aliphatic carbocycles. The lowest BCUT2D eigenvalue weighted by Crippen LogP contribution is -2.68. The molecule has 5 heteroatoms. The molecule has 0 aromatic carbocycles. The first-order valence-electron chi connectivity index (χ1n) is 8.10. The molecule has 1 aliphatic heterocycles. The molecule has 0 aromatic rings. The SMILES string of the molecule is CC1(C2CC2)CN(CCS(=O)(=O)C(C)(C)C)C(C)(C)CN1. The molecule has 1 saturated heterocycles. The fourth-order valence-corrected chi connectivity index (χ4v) is 4.18. The van der Waals surface area contributed by atoms with Crippen molar-refractivity contribution in [2.75, 3.05) is 25.4 Å². The molecule has 124 valence electrons. The third-order valence-electron chi connectivity index (χ3n) is 5.34. The Hall–Kier alpha value is -0.130. The second-order valence-electron chi connectivity index (χ2n) is 8.71. The topological polar surface area (TPSA) is 49.4 Å². The van der Waals surface area contributed by atoms with Crippen molar-refractivity contribution < 1.29 is 8.42 Å². The summed E-state index contributed by atoms with van der Waals surface area (Å²) < 4.78 is 24.1. The number of nitrogens with zero attached hydrogens (tertiary/aromatic N) is 1. The Morgan fingerprint density at radius 3 is 2.24 bits per heavy atom. The van der Waals surface area contributed by atoms with Gasteiger partial charge in [0.15, 0.2) is 9.84 Å². The van der Waals surface area contributed by atoms with Crippen molar-refractivity contribution in [2.45, 2.75) is 70.2 Å². The smallest absolute Gasteiger partial charge is 0.156 e. The number of hydrogen-bond acceptors (Lipinski definition) is 4. The molecular formula is C16H32N2O2S. The highest BCUT2D eigenvalue weighted by Gasteiger charge is 2.48. The summed E-state index contributed by atoms with van der Waals surface area (Å²) in [6.45, 7) is 14.6. The van der Waals surface area contributed by atoms with Crippen LogP contribution in [-0.4, -0.2) is 54.5 Å². The van der Waals surface area contributed by atoms with Crippen LogP contribution in [0.25, 0.3) is 0 Å². The molecule has 0 amide bonds. The Balaban J connectivity index is 2.06. The molecule has 1 heterocycles. The summed E-state index contributed by atoms with van der Waals surface area (Å²) >= 11 is 0. The second-order valence-corrected chi connectivity index (χ2v) is 11.6. The lowest BCUT2D eigenvalue weighted by atomic mass is 9.87.